The van der Waals surface area contributed by atoms with E-state index in [-0.39, 0.29) is 23.5 Å². The van der Waals surface area contributed by atoms with Crippen molar-refractivity contribution in [1.82, 2.24) is 4.90 Å². The van der Waals surface area contributed by atoms with E-state index in [1.807, 2.05) is 6.92 Å². The van der Waals surface area contributed by atoms with Crippen LogP contribution in [-0.4, -0.2) is 45.8 Å². The Morgan fingerprint density at radius 1 is 1.45 bits per heavy atom. The quantitative estimate of drug-likeness (QED) is 0.472. The normalized spacial score (nSPS) is 11.9. The zero-order valence-electron chi connectivity index (χ0n) is 11.5. The topological polar surface area (TPSA) is 83.7 Å². The molecule has 0 fully saturated rings. The minimum atomic E-state index is -0.455. The number of thioether (sulfide) groups is 1. The molecule has 0 aliphatic heterocycles. The molecule has 0 radical (unpaired) electrons. The van der Waals surface area contributed by atoms with Gasteiger partial charge in [-0.2, -0.15) is 0 Å². The van der Waals surface area contributed by atoms with Crippen molar-refractivity contribution < 1.29 is 14.8 Å². The van der Waals surface area contributed by atoms with Crippen molar-refractivity contribution in [2.75, 3.05) is 19.7 Å². The molecule has 1 atom stereocenters. The minimum absolute atomic E-state index is 0.0313. The number of rotatable bonds is 7. The molecule has 1 aromatic rings. The number of benzene rings is 1. The largest absolute Gasteiger partial charge is 0.395 e. The number of aliphatic hydroxyl groups excluding tert-OH is 1. The lowest BCUT2D eigenvalue weighted by Gasteiger charge is -2.23. The van der Waals surface area contributed by atoms with E-state index in [1.54, 1.807) is 24.0 Å². The number of nitrogens with zero attached hydrogens (tertiary/aromatic N) is 2. The number of amides is 1. The zero-order valence-corrected chi connectivity index (χ0v) is 12.3. The molecule has 0 spiro atoms. The fourth-order valence-electron chi connectivity index (χ4n) is 1.70. The second kappa shape index (κ2) is 7.86. The summed E-state index contributed by atoms with van der Waals surface area (Å²) >= 11 is 1.35. The van der Waals surface area contributed by atoms with Crippen LogP contribution in [0.15, 0.2) is 29.2 Å². The van der Waals surface area contributed by atoms with E-state index in [4.69, 9.17) is 5.11 Å². The first-order valence-electron chi connectivity index (χ1n) is 6.30. The van der Waals surface area contributed by atoms with Gasteiger partial charge in [-0.25, -0.2) is 0 Å². The van der Waals surface area contributed by atoms with E-state index in [0.717, 1.165) is 4.90 Å². The molecule has 0 bridgehead atoms. The van der Waals surface area contributed by atoms with E-state index >= 15 is 0 Å². The highest BCUT2D eigenvalue weighted by Gasteiger charge is 2.20. The van der Waals surface area contributed by atoms with Gasteiger partial charge in [0.05, 0.1) is 16.8 Å². The Labute approximate surface area is 121 Å². The van der Waals surface area contributed by atoms with Crippen LogP contribution in [0.4, 0.5) is 5.69 Å². The van der Waals surface area contributed by atoms with Gasteiger partial charge in [-0.1, -0.05) is 0 Å². The summed E-state index contributed by atoms with van der Waals surface area (Å²) in [7, 11) is 0. The van der Waals surface area contributed by atoms with Gasteiger partial charge in [-0.15, -0.1) is 11.8 Å². The van der Waals surface area contributed by atoms with Crippen LogP contribution in [0.1, 0.15) is 13.8 Å². The van der Waals surface area contributed by atoms with Crippen LogP contribution >= 0.6 is 11.8 Å². The average Bonchev–Trinajstić information content (AvgIpc) is 2.44. The molecule has 0 aliphatic carbocycles. The molecule has 6 nitrogen and oxygen atoms in total. The Morgan fingerprint density at radius 2 is 2.05 bits per heavy atom. The SMILES string of the molecule is CCN(CCO)C(=O)C(C)Sc1ccc([N+](=O)[O-])cc1. The van der Waals surface area contributed by atoms with Gasteiger partial charge in [0.15, 0.2) is 0 Å². The van der Waals surface area contributed by atoms with Gasteiger partial charge >= 0.3 is 0 Å². The molecule has 1 aromatic carbocycles. The predicted octanol–water partition coefficient (Wildman–Crippen LogP) is 1.92. The summed E-state index contributed by atoms with van der Waals surface area (Å²) in [5.74, 6) is -0.0510. The van der Waals surface area contributed by atoms with Crippen molar-refractivity contribution in [1.29, 1.82) is 0 Å². The molecule has 0 saturated carbocycles. The molecule has 1 rings (SSSR count). The number of hydrogen-bond acceptors (Lipinski definition) is 5. The maximum absolute atomic E-state index is 12.1. The number of carbonyl (C=O) groups is 1. The highest BCUT2D eigenvalue weighted by atomic mass is 32.2. The molecular weight excluding hydrogens is 280 g/mol. The fourth-order valence-corrected chi connectivity index (χ4v) is 2.65. The number of carbonyl (C=O) groups excluding carboxylic acids is 1. The summed E-state index contributed by atoms with van der Waals surface area (Å²) in [4.78, 5) is 24.6. The summed E-state index contributed by atoms with van der Waals surface area (Å²) in [6.07, 6.45) is 0. The summed E-state index contributed by atoms with van der Waals surface area (Å²) in [5.41, 5.74) is 0.0313. The second-order valence-electron chi connectivity index (χ2n) is 4.15. The molecule has 7 heteroatoms. The third kappa shape index (κ3) is 4.50. The van der Waals surface area contributed by atoms with Crippen LogP contribution in [0.25, 0.3) is 0 Å². The third-order valence-electron chi connectivity index (χ3n) is 2.77. The van der Waals surface area contributed by atoms with Crippen LogP contribution in [0.3, 0.4) is 0 Å². The standard InChI is InChI=1S/C13H18N2O4S/c1-3-14(8-9-16)13(17)10(2)20-12-6-4-11(5-7-12)15(18)19/h4-7,10,16H,3,8-9H2,1-2H3. The Morgan fingerprint density at radius 3 is 2.50 bits per heavy atom. The van der Waals surface area contributed by atoms with Crippen molar-refractivity contribution in [2.45, 2.75) is 24.0 Å². The number of aliphatic hydroxyl groups is 1. The molecule has 0 heterocycles. The minimum Gasteiger partial charge on any atom is -0.395 e. The monoisotopic (exact) mass is 298 g/mol. The van der Waals surface area contributed by atoms with Gasteiger partial charge in [0.2, 0.25) is 5.91 Å². The van der Waals surface area contributed by atoms with E-state index in [0.29, 0.717) is 13.1 Å². The molecule has 0 saturated heterocycles. The van der Waals surface area contributed by atoms with Gasteiger partial charge in [0.25, 0.3) is 5.69 Å². The van der Waals surface area contributed by atoms with Gasteiger partial charge in [0.1, 0.15) is 0 Å². The molecular formula is C13H18N2O4S. The first-order valence-corrected chi connectivity index (χ1v) is 7.18. The predicted molar refractivity (Wildman–Crippen MR) is 77.8 cm³/mol. The number of non-ortho nitro benzene ring substituents is 1. The highest BCUT2D eigenvalue weighted by molar-refractivity contribution is 8.00. The van der Waals surface area contributed by atoms with Crippen LogP contribution in [0, 0.1) is 10.1 Å². The van der Waals surface area contributed by atoms with Gasteiger partial charge in [-0.05, 0) is 26.0 Å². The van der Waals surface area contributed by atoms with Crippen molar-refractivity contribution in [3.8, 4) is 0 Å². The van der Waals surface area contributed by atoms with Gasteiger partial charge in [0, 0.05) is 30.1 Å². The highest BCUT2D eigenvalue weighted by Crippen LogP contribution is 2.26. The van der Waals surface area contributed by atoms with Crippen molar-refractivity contribution in [3.63, 3.8) is 0 Å². The van der Waals surface area contributed by atoms with Gasteiger partial charge in [-0.3, -0.25) is 14.9 Å². The first kappa shape index (κ1) is 16.5. The lowest BCUT2D eigenvalue weighted by Crippen LogP contribution is -2.38. The maximum atomic E-state index is 12.1. The van der Waals surface area contributed by atoms with E-state index in [1.165, 1.54) is 23.9 Å². The summed E-state index contributed by atoms with van der Waals surface area (Å²) < 4.78 is 0. The fraction of sp³-hybridized carbons (Fsp3) is 0.462. The van der Waals surface area contributed by atoms with Crippen LogP contribution < -0.4 is 0 Å². The van der Waals surface area contributed by atoms with Crippen molar-refractivity contribution in [3.05, 3.63) is 34.4 Å². The Bertz CT molecular complexity index is 464. The lowest BCUT2D eigenvalue weighted by atomic mass is 10.3. The molecule has 1 amide bonds. The van der Waals surface area contributed by atoms with Gasteiger partial charge < -0.3 is 10.0 Å². The third-order valence-corrected chi connectivity index (χ3v) is 3.87. The summed E-state index contributed by atoms with van der Waals surface area (Å²) in [6, 6.07) is 6.11. The number of nitro benzene ring substituents is 1. The number of likely N-dealkylation sites (N-methyl/N-ethyl adjacent to an activating group) is 1. The summed E-state index contributed by atoms with van der Waals surface area (Å²) in [6.45, 7) is 4.45. The van der Waals surface area contributed by atoms with Crippen LogP contribution in [-0.2, 0) is 4.79 Å². The molecule has 20 heavy (non-hydrogen) atoms. The maximum Gasteiger partial charge on any atom is 0.269 e. The van der Waals surface area contributed by atoms with E-state index < -0.39 is 4.92 Å². The Balaban J connectivity index is 2.67. The number of hydrogen-bond donors (Lipinski definition) is 1. The zero-order chi connectivity index (χ0) is 15.1. The van der Waals surface area contributed by atoms with E-state index in [2.05, 4.69) is 0 Å². The van der Waals surface area contributed by atoms with Crippen molar-refractivity contribution in [2.24, 2.45) is 0 Å². The first-order chi connectivity index (χ1) is 9.49. The average molecular weight is 298 g/mol. The molecule has 0 aromatic heterocycles. The van der Waals surface area contributed by atoms with Crippen LogP contribution in [0.5, 0.6) is 0 Å². The molecule has 1 N–H and O–H groups in total. The second-order valence-corrected chi connectivity index (χ2v) is 5.57. The molecule has 1 unspecified atom stereocenters. The van der Waals surface area contributed by atoms with Crippen molar-refractivity contribution >= 4 is 23.4 Å². The smallest absolute Gasteiger partial charge is 0.269 e. The van der Waals surface area contributed by atoms with E-state index in [9.17, 15) is 14.9 Å². The lowest BCUT2D eigenvalue weighted by molar-refractivity contribution is -0.384. The Kier molecular flexibility index (Phi) is 6.47. The Hall–Kier alpha value is -1.60. The molecule has 110 valence electrons. The number of nitro groups is 1. The van der Waals surface area contributed by atoms with Crippen LogP contribution in [0.2, 0.25) is 0 Å². The molecule has 0 aliphatic rings. The summed E-state index contributed by atoms with van der Waals surface area (Å²) in [5, 5.41) is 19.2.